The van der Waals surface area contributed by atoms with Gasteiger partial charge in [0.25, 0.3) is 0 Å². The first-order valence-electron chi connectivity index (χ1n) is 7.28. The van der Waals surface area contributed by atoms with E-state index in [0.29, 0.717) is 6.10 Å². The SMILES string of the molecule is CCCCCN1CCO[C@H](CCN(C)CC)C1. The lowest BCUT2D eigenvalue weighted by Crippen LogP contribution is -2.43. The van der Waals surface area contributed by atoms with Crippen LogP contribution in [0, 0.1) is 0 Å². The molecule has 1 aliphatic rings. The number of ether oxygens (including phenoxy) is 1. The molecule has 0 amide bonds. The summed E-state index contributed by atoms with van der Waals surface area (Å²) in [5.74, 6) is 0. The monoisotopic (exact) mass is 242 g/mol. The summed E-state index contributed by atoms with van der Waals surface area (Å²) in [7, 11) is 2.18. The number of morpholine rings is 1. The van der Waals surface area contributed by atoms with E-state index in [1.807, 2.05) is 0 Å². The normalized spacial score (nSPS) is 22.2. The maximum Gasteiger partial charge on any atom is 0.0714 e. The molecule has 0 unspecified atom stereocenters. The van der Waals surface area contributed by atoms with Gasteiger partial charge in [0.1, 0.15) is 0 Å². The van der Waals surface area contributed by atoms with Crippen LogP contribution in [0.1, 0.15) is 39.5 Å². The van der Waals surface area contributed by atoms with Gasteiger partial charge in [0, 0.05) is 19.6 Å². The van der Waals surface area contributed by atoms with Crippen molar-refractivity contribution in [2.75, 3.05) is 46.4 Å². The molecule has 1 rings (SSSR count). The molecular formula is C14H30N2O. The standard InChI is InChI=1S/C14H30N2O/c1-4-6-7-9-16-11-12-17-14(13-16)8-10-15(3)5-2/h14H,4-13H2,1-3H3/t14-/m1/s1. The predicted molar refractivity (Wildman–Crippen MR) is 73.5 cm³/mol. The fourth-order valence-electron chi connectivity index (χ4n) is 2.27. The van der Waals surface area contributed by atoms with Crippen LogP contribution in [0.25, 0.3) is 0 Å². The molecule has 1 atom stereocenters. The molecule has 0 aromatic heterocycles. The molecule has 0 aromatic carbocycles. The molecule has 0 radical (unpaired) electrons. The largest absolute Gasteiger partial charge is 0.376 e. The minimum Gasteiger partial charge on any atom is -0.376 e. The number of rotatable bonds is 8. The Balaban J connectivity index is 2.14. The first-order chi connectivity index (χ1) is 8.26. The summed E-state index contributed by atoms with van der Waals surface area (Å²) in [5.41, 5.74) is 0. The van der Waals surface area contributed by atoms with E-state index < -0.39 is 0 Å². The van der Waals surface area contributed by atoms with Crippen molar-refractivity contribution in [2.45, 2.75) is 45.6 Å². The van der Waals surface area contributed by atoms with Crippen molar-refractivity contribution in [2.24, 2.45) is 0 Å². The Morgan fingerprint density at radius 2 is 2.12 bits per heavy atom. The van der Waals surface area contributed by atoms with Gasteiger partial charge < -0.3 is 9.64 Å². The smallest absolute Gasteiger partial charge is 0.0714 e. The highest BCUT2D eigenvalue weighted by atomic mass is 16.5. The third-order valence-corrected chi connectivity index (χ3v) is 3.67. The summed E-state index contributed by atoms with van der Waals surface area (Å²) >= 11 is 0. The number of hydrogen-bond donors (Lipinski definition) is 0. The summed E-state index contributed by atoms with van der Waals surface area (Å²) in [6.45, 7) is 11.2. The summed E-state index contributed by atoms with van der Waals surface area (Å²) in [6.07, 6.45) is 5.65. The lowest BCUT2D eigenvalue weighted by molar-refractivity contribution is -0.0350. The van der Waals surface area contributed by atoms with Crippen LogP contribution in [0.4, 0.5) is 0 Å². The van der Waals surface area contributed by atoms with Crippen LogP contribution in [-0.4, -0.2) is 62.3 Å². The molecule has 1 fully saturated rings. The molecule has 0 aromatic rings. The van der Waals surface area contributed by atoms with Gasteiger partial charge >= 0.3 is 0 Å². The lowest BCUT2D eigenvalue weighted by Gasteiger charge is -2.33. The van der Waals surface area contributed by atoms with Crippen molar-refractivity contribution in [1.82, 2.24) is 9.80 Å². The van der Waals surface area contributed by atoms with Gasteiger partial charge in [-0.2, -0.15) is 0 Å². The average Bonchev–Trinajstić information content (AvgIpc) is 2.37. The van der Waals surface area contributed by atoms with Crippen LogP contribution in [0.3, 0.4) is 0 Å². The first kappa shape index (κ1) is 14.9. The Kier molecular flexibility index (Phi) is 7.82. The van der Waals surface area contributed by atoms with E-state index in [9.17, 15) is 0 Å². The fraction of sp³-hybridized carbons (Fsp3) is 1.00. The van der Waals surface area contributed by atoms with Gasteiger partial charge in [-0.3, -0.25) is 4.90 Å². The maximum absolute atomic E-state index is 5.84. The van der Waals surface area contributed by atoms with Gasteiger partial charge in [0.2, 0.25) is 0 Å². The number of unbranched alkanes of at least 4 members (excludes halogenated alkanes) is 2. The van der Waals surface area contributed by atoms with Crippen LogP contribution in [0.5, 0.6) is 0 Å². The van der Waals surface area contributed by atoms with Crippen molar-refractivity contribution in [3.63, 3.8) is 0 Å². The van der Waals surface area contributed by atoms with Crippen LogP contribution in [-0.2, 0) is 4.74 Å². The van der Waals surface area contributed by atoms with Crippen molar-refractivity contribution in [3.8, 4) is 0 Å². The highest BCUT2D eigenvalue weighted by Gasteiger charge is 2.19. The van der Waals surface area contributed by atoms with Crippen LogP contribution >= 0.6 is 0 Å². The Morgan fingerprint density at radius 1 is 1.29 bits per heavy atom. The molecule has 1 aliphatic heterocycles. The molecule has 1 saturated heterocycles. The van der Waals surface area contributed by atoms with Crippen LogP contribution < -0.4 is 0 Å². The van der Waals surface area contributed by atoms with Gasteiger partial charge in [-0.05, 0) is 33.0 Å². The topological polar surface area (TPSA) is 15.7 Å². The van der Waals surface area contributed by atoms with Gasteiger partial charge in [-0.15, -0.1) is 0 Å². The van der Waals surface area contributed by atoms with Crippen LogP contribution in [0.2, 0.25) is 0 Å². The second-order valence-electron chi connectivity index (χ2n) is 5.19. The summed E-state index contributed by atoms with van der Waals surface area (Å²) in [5, 5.41) is 0. The average molecular weight is 242 g/mol. The van der Waals surface area contributed by atoms with E-state index in [2.05, 4.69) is 30.7 Å². The highest BCUT2D eigenvalue weighted by molar-refractivity contribution is 4.72. The molecule has 3 heteroatoms. The Morgan fingerprint density at radius 3 is 2.82 bits per heavy atom. The highest BCUT2D eigenvalue weighted by Crippen LogP contribution is 2.10. The lowest BCUT2D eigenvalue weighted by atomic mass is 10.1. The molecule has 3 nitrogen and oxygen atoms in total. The molecular weight excluding hydrogens is 212 g/mol. The second-order valence-corrected chi connectivity index (χ2v) is 5.19. The molecule has 1 heterocycles. The van der Waals surface area contributed by atoms with Crippen LogP contribution in [0.15, 0.2) is 0 Å². The van der Waals surface area contributed by atoms with E-state index in [0.717, 1.165) is 32.8 Å². The predicted octanol–water partition coefficient (Wildman–Crippen LogP) is 2.22. The third kappa shape index (κ3) is 6.39. The van der Waals surface area contributed by atoms with Crippen molar-refractivity contribution in [3.05, 3.63) is 0 Å². The molecule has 17 heavy (non-hydrogen) atoms. The third-order valence-electron chi connectivity index (χ3n) is 3.67. The Bertz CT molecular complexity index is 187. The van der Waals surface area contributed by atoms with Gasteiger partial charge in [0.05, 0.1) is 12.7 Å². The minimum absolute atomic E-state index is 0.458. The second kappa shape index (κ2) is 8.90. The van der Waals surface area contributed by atoms with E-state index >= 15 is 0 Å². The van der Waals surface area contributed by atoms with Crippen molar-refractivity contribution in [1.29, 1.82) is 0 Å². The molecule has 0 aliphatic carbocycles. The Labute approximate surface area is 107 Å². The zero-order valence-electron chi connectivity index (χ0n) is 12.0. The Hall–Kier alpha value is -0.120. The van der Waals surface area contributed by atoms with Gasteiger partial charge in [0.15, 0.2) is 0 Å². The molecule has 102 valence electrons. The van der Waals surface area contributed by atoms with E-state index in [1.54, 1.807) is 0 Å². The zero-order chi connectivity index (χ0) is 12.5. The molecule has 0 bridgehead atoms. The summed E-state index contributed by atoms with van der Waals surface area (Å²) in [6, 6.07) is 0. The van der Waals surface area contributed by atoms with Crippen molar-refractivity contribution >= 4 is 0 Å². The number of hydrogen-bond acceptors (Lipinski definition) is 3. The molecule has 0 N–H and O–H groups in total. The van der Waals surface area contributed by atoms with Crippen molar-refractivity contribution < 1.29 is 4.74 Å². The minimum atomic E-state index is 0.458. The molecule has 0 saturated carbocycles. The van der Waals surface area contributed by atoms with E-state index in [-0.39, 0.29) is 0 Å². The van der Waals surface area contributed by atoms with Gasteiger partial charge in [-0.1, -0.05) is 26.7 Å². The first-order valence-corrected chi connectivity index (χ1v) is 7.28. The zero-order valence-corrected chi connectivity index (χ0v) is 12.0. The van der Waals surface area contributed by atoms with E-state index in [1.165, 1.54) is 32.2 Å². The fourth-order valence-corrected chi connectivity index (χ4v) is 2.27. The molecule has 0 spiro atoms. The quantitative estimate of drug-likeness (QED) is 0.607. The number of nitrogens with zero attached hydrogens (tertiary/aromatic N) is 2. The van der Waals surface area contributed by atoms with Gasteiger partial charge in [-0.25, -0.2) is 0 Å². The summed E-state index contributed by atoms with van der Waals surface area (Å²) < 4.78 is 5.84. The van der Waals surface area contributed by atoms with E-state index in [4.69, 9.17) is 4.74 Å². The maximum atomic E-state index is 5.84. The summed E-state index contributed by atoms with van der Waals surface area (Å²) in [4.78, 5) is 4.94.